The lowest BCUT2D eigenvalue weighted by molar-refractivity contribution is 0.0526. The predicted octanol–water partition coefficient (Wildman–Crippen LogP) is 7.23. The van der Waals surface area contributed by atoms with Crippen LogP contribution in [0, 0.1) is 25.6 Å². The molecule has 2 aromatic rings. The third kappa shape index (κ3) is 5.00. The summed E-state index contributed by atoms with van der Waals surface area (Å²) < 4.78 is 7.60. The predicted molar refractivity (Wildman–Crippen MR) is 153 cm³/mol. The van der Waals surface area contributed by atoms with Crippen molar-refractivity contribution in [1.29, 1.82) is 0 Å². The van der Waals surface area contributed by atoms with Gasteiger partial charge in [0, 0.05) is 29.1 Å². The van der Waals surface area contributed by atoms with Crippen LogP contribution >= 0.6 is 0 Å². The lowest BCUT2D eigenvalue weighted by Crippen LogP contribution is -2.23. The van der Waals surface area contributed by atoms with Gasteiger partial charge in [0.05, 0.1) is 17.9 Å². The first kappa shape index (κ1) is 27.3. The van der Waals surface area contributed by atoms with Crippen LogP contribution in [0.1, 0.15) is 92.8 Å². The molecule has 0 unspecified atom stereocenters. The molecular formula is C31H39BN2O2. The van der Waals surface area contributed by atoms with Crippen LogP contribution in [-0.4, -0.2) is 29.6 Å². The summed E-state index contributed by atoms with van der Waals surface area (Å²) >= 11 is 0. The number of carbonyl (C=O) groups excluding carboxylic acids is 1. The van der Waals surface area contributed by atoms with Crippen molar-refractivity contribution in [3.05, 3.63) is 74.8 Å². The molecule has 0 amide bonds. The molecule has 0 saturated heterocycles. The van der Waals surface area contributed by atoms with E-state index in [-0.39, 0.29) is 12.8 Å². The molecule has 0 aliphatic carbocycles. The van der Waals surface area contributed by atoms with Gasteiger partial charge in [-0.25, -0.2) is 4.79 Å². The van der Waals surface area contributed by atoms with Crippen molar-refractivity contribution in [3.8, 4) is 11.7 Å². The molecule has 188 valence electrons. The number of ether oxygens (including phenoxy) is 1. The van der Waals surface area contributed by atoms with Crippen molar-refractivity contribution in [2.75, 3.05) is 6.61 Å². The van der Waals surface area contributed by atoms with E-state index in [9.17, 15) is 4.79 Å². The van der Waals surface area contributed by atoms with Crippen LogP contribution in [0.2, 0.25) is 6.82 Å². The van der Waals surface area contributed by atoms with Crippen LogP contribution in [0.25, 0.3) is 5.57 Å². The molecule has 0 saturated carbocycles. The Balaban J connectivity index is 2.40. The minimum absolute atomic E-state index is 0.0229. The van der Waals surface area contributed by atoms with E-state index in [1.807, 2.05) is 31.2 Å². The molecule has 0 fully saturated rings. The summed E-state index contributed by atoms with van der Waals surface area (Å²) in [5.41, 5.74) is 12.3. The van der Waals surface area contributed by atoms with Crippen LogP contribution in [0.15, 0.2) is 46.1 Å². The molecule has 1 aliphatic rings. The van der Waals surface area contributed by atoms with Crippen LogP contribution < -0.4 is 0 Å². The summed E-state index contributed by atoms with van der Waals surface area (Å²) in [5.74, 6) is 6.43. The topological polar surface area (TPSA) is 43.6 Å². The number of esters is 1. The second-order valence-corrected chi connectivity index (χ2v) is 9.29. The second-order valence-electron chi connectivity index (χ2n) is 9.29. The maximum Gasteiger partial charge on any atom is 0.343 e. The van der Waals surface area contributed by atoms with Crippen LogP contribution in [-0.2, 0) is 11.2 Å². The number of carbonyl (C=O) groups is 1. The van der Waals surface area contributed by atoms with E-state index >= 15 is 0 Å². The Bertz CT molecular complexity index is 1310. The fourth-order valence-corrected chi connectivity index (χ4v) is 5.41. The van der Waals surface area contributed by atoms with Crippen LogP contribution in [0.4, 0.5) is 0 Å². The van der Waals surface area contributed by atoms with Crippen molar-refractivity contribution in [1.82, 2.24) is 4.48 Å². The van der Waals surface area contributed by atoms with E-state index in [0.29, 0.717) is 12.2 Å². The van der Waals surface area contributed by atoms with Gasteiger partial charge >= 0.3 is 12.8 Å². The summed E-state index contributed by atoms with van der Waals surface area (Å²) in [7, 11) is 0. The van der Waals surface area contributed by atoms with E-state index in [0.717, 1.165) is 47.5 Å². The van der Waals surface area contributed by atoms with Gasteiger partial charge in [0.1, 0.15) is 0 Å². The Hall–Kier alpha value is -3.26. The van der Waals surface area contributed by atoms with Gasteiger partial charge in [-0.1, -0.05) is 39.7 Å². The van der Waals surface area contributed by atoms with Crippen molar-refractivity contribution < 1.29 is 9.53 Å². The summed E-state index contributed by atoms with van der Waals surface area (Å²) in [5, 5.41) is 0. The van der Waals surface area contributed by atoms with Crippen LogP contribution in [0.5, 0.6) is 0 Å². The third-order valence-corrected chi connectivity index (χ3v) is 7.11. The SMILES string of the molecule is CCC#CB(C)n1c(C)c(CC)c(C)c1/C(=C1\N=C(C)C(CC)=C1C)c1ccc(C(=O)OCC)cc1. The monoisotopic (exact) mass is 482 g/mol. The standard InChI is InChI=1S/C31H39BN2O2/c1-10-14-19-32(9)34-23(8)27(12-3)21(6)30(34)28(29-20(5)26(11-2)22(7)33-29)24-15-17-25(18-16-24)31(35)36-13-4/h15-18H,10-13H2,1-9H3/b29-28-. The van der Waals surface area contributed by atoms with E-state index in [1.54, 1.807) is 0 Å². The number of nitrogens with zero attached hydrogens (tertiary/aromatic N) is 2. The normalized spacial score (nSPS) is 14.4. The Labute approximate surface area is 217 Å². The Morgan fingerprint density at radius 2 is 1.64 bits per heavy atom. The highest BCUT2D eigenvalue weighted by Gasteiger charge is 2.29. The van der Waals surface area contributed by atoms with Crippen LogP contribution in [0.3, 0.4) is 0 Å². The number of aliphatic imine (C=N–C) groups is 1. The van der Waals surface area contributed by atoms with Crippen molar-refractivity contribution in [2.24, 2.45) is 4.99 Å². The van der Waals surface area contributed by atoms with Gasteiger partial charge in [-0.05, 0) is 87.4 Å². The molecule has 1 aromatic heterocycles. The number of benzene rings is 1. The van der Waals surface area contributed by atoms with Gasteiger partial charge in [-0.3, -0.25) is 4.99 Å². The molecule has 0 bridgehead atoms. The molecule has 2 heterocycles. The van der Waals surface area contributed by atoms with E-state index < -0.39 is 0 Å². The van der Waals surface area contributed by atoms with E-state index in [4.69, 9.17) is 9.73 Å². The molecule has 1 aliphatic heterocycles. The summed E-state index contributed by atoms with van der Waals surface area (Å²) in [4.78, 5) is 17.4. The highest BCUT2D eigenvalue weighted by molar-refractivity contribution is 6.65. The molecule has 5 heteroatoms. The van der Waals surface area contributed by atoms with E-state index in [1.165, 1.54) is 28.0 Å². The zero-order valence-corrected chi connectivity index (χ0v) is 23.4. The number of allylic oxidation sites excluding steroid dienone is 2. The van der Waals surface area contributed by atoms with Crippen molar-refractivity contribution >= 4 is 24.1 Å². The molecule has 0 atom stereocenters. The highest BCUT2D eigenvalue weighted by Crippen LogP contribution is 2.40. The Morgan fingerprint density at radius 1 is 1.00 bits per heavy atom. The maximum absolute atomic E-state index is 12.3. The molecule has 0 spiro atoms. The zero-order chi connectivity index (χ0) is 26.6. The van der Waals surface area contributed by atoms with Crippen molar-refractivity contribution in [2.45, 2.75) is 81.5 Å². The molecule has 4 nitrogen and oxygen atoms in total. The van der Waals surface area contributed by atoms with Crippen molar-refractivity contribution in [3.63, 3.8) is 0 Å². The number of aromatic nitrogens is 1. The summed E-state index contributed by atoms with van der Waals surface area (Å²) in [6.45, 7) is 19.6. The average molecular weight is 482 g/mol. The fraction of sp³-hybridized carbons (Fsp3) is 0.419. The average Bonchev–Trinajstić information content (AvgIpc) is 3.29. The Morgan fingerprint density at radius 3 is 2.17 bits per heavy atom. The first-order valence-corrected chi connectivity index (χ1v) is 13.2. The molecule has 3 rings (SSSR count). The van der Waals surface area contributed by atoms with Gasteiger partial charge in [-0.15, -0.1) is 11.7 Å². The number of hydrogen-bond acceptors (Lipinski definition) is 3. The lowest BCUT2D eigenvalue weighted by Gasteiger charge is -2.19. The van der Waals surface area contributed by atoms with Gasteiger partial charge in [0.15, 0.2) is 0 Å². The van der Waals surface area contributed by atoms with Gasteiger partial charge in [0.25, 0.3) is 0 Å². The van der Waals surface area contributed by atoms with Gasteiger partial charge in [0.2, 0.25) is 0 Å². The van der Waals surface area contributed by atoms with E-state index in [2.05, 4.69) is 71.5 Å². The molecular weight excluding hydrogens is 443 g/mol. The first-order valence-electron chi connectivity index (χ1n) is 13.2. The molecule has 36 heavy (non-hydrogen) atoms. The molecule has 0 radical (unpaired) electrons. The summed E-state index contributed by atoms with van der Waals surface area (Å²) in [6.07, 6.45) is 2.72. The molecule has 0 N–H and O–H groups in total. The quantitative estimate of drug-likeness (QED) is 0.237. The number of rotatable bonds is 7. The highest BCUT2D eigenvalue weighted by atomic mass is 16.5. The minimum Gasteiger partial charge on any atom is -0.462 e. The van der Waals surface area contributed by atoms with Gasteiger partial charge in [-0.2, -0.15) is 0 Å². The smallest absolute Gasteiger partial charge is 0.343 e. The van der Waals surface area contributed by atoms with Gasteiger partial charge < -0.3 is 9.21 Å². The fourth-order valence-electron chi connectivity index (χ4n) is 5.41. The second kappa shape index (κ2) is 11.7. The first-order chi connectivity index (χ1) is 17.2. The largest absolute Gasteiger partial charge is 0.462 e. The number of hydrogen-bond donors (Lipinski definition) is 0. The summed E-state index contributed by atoms with van der Waals surface area (Å²) in [6, 6.07) is 7.76. The Kier molecular flexibility index (Phi) is 8.85. The zero-order valence-electron chi connectivity index (χ0n) is 23.4. The lowest BCUT2D eigenvalue weighted by atomic mass is 9.65. The third-order valence-electron chi connectivity index (χ3n) is 7.11. The minimum atomic E-state index is -0.301. The maximum atomic E-state index is 12.3. The molecule has 1 aromatic carbocycles.